The van der Waals surface area contributed by atoms with Crippen LogP contribution in [0.2, 0.25) is 0 Å². The van der Waals surface area contributed by atoms with E-state index in [4.69, 9.17) is 9.47 Å². The fourth-order valence-corrected chi connectivity index (χ4v) is 15.8. The quantitative estimate of drug-likeness (QED) is 0.187. The molecule has 2 saturated heterocycles. The number of amides is 2. The molecule has 2 amide bonds. The zero-order valence-corrected chi connectivity index (χ0v) is 38.4. The van der Waals surface area contributed by atoms with Crippen molar-refractivity contribution in [3.8, 4) is 11.5 Å². The first-order valence-electron chi connectivity index (χ1n) is 26.2. The van der Waals surface area contributed by atoms with Gasteiger partial charge in [-0.1, -0.05) is 0 Å². The molecule has 2 heterocycles. The summed E-state index contributed by atoms with van der Waals surface area (Å²) in [7, 11) is 0. The lowest BCUT2D eigenvalue weighted by molar-refractivity contribution is -0.164. The fourth-order valence-electron chi connectivity index (χ4n) is 15.8. The second-order valence-electron chi connectivity index (χ2n) is 23.0. The first-order valence-corrected chi connectivity index (χ1v) is 26.2. The Morgan fingerprint density at radius 1 is 0.500 bits per heavy atom. The minimum atomic E-state index is -0.211. The Hall–Kier alpha value is -3.50. The van der Waals surface area contributed by atoms with Crippen molar-refractivity contribution in [2.24, 2.45) is 46.3 Å². The van der Waals surface area contributed by atoms with Gasteiger partial charge in [-0.3, -0.25) is 9.59 Å². The molecule has 2 aliphatic heterocycles. The van der Waals surface area contributed by atoms with E-state index >= 15 is 0 Å². The van der Waals surface area contributed by atoms with Gasteiger partial charge >= 0.3 is 0 Å². The number of carbonyl (C=O) groups is 2. The average Bonchev–Trinajstić information content (AvgIpc) is 4.03. The van der Waals surface area contributed by atoms with Crippen molar-refractivity contribution in [2.75, 3.05) is 36.0 Å². The van der Waals surface area contributed by atoms with Crippen LogP contribution in [0.3, 0.4) is 0 Å². The number of ether oxygens (including phenoxy) is 2. The maximum atomic E-state index is 13.5. The summed E-state index contributed by atoms with van der Waals surface area (Å²) >= 11 is 0. The summed E-state index contributed by atoms with van der Waals surface area (Å²) in [5.41, 5.74) is 2.02. The van der Waals surface area contributed by atoms with Gasteiger partial charge in [-0.25, -0.2) is 0 Å². The third kappa shape index (κ3) is 8.77. The lowest BCUT2D eigenvalue weighted by Crippen LogP contribution is -2.60. The van der Waals surface area contributed by atoms with Gasteiger partial charge in [0.1, 0.15) is 11.5 Å². The average molecular weight is 877 g/mol. The number of hydrogen-bond donors (Lipinski definition) is 4. The number of piperidine rings is 2. The van der Waals surface area contributed by atoms with Crippen molar-refractivity contribution in [3.05, 3.63) is 48.5 Å². The molecule has 2 aromatic carbocycles. The zero-order valence-electron chi connectivity index (χ0n) is 38.4. The number of rotatable bonds is 10. The SMILES string of the molecule is O=C(N[C@H]1CCCN(c2ccc(OC3CCCC3)cc2)C1)C12CC3CC(C1)C(O)C(C3)C2.O=C(N[C@H]1CCCN(c2ccc(OC3CCCC3)cc2)C1)C12CC3CC(C1)C(O)C(C3)C2. The molecule has 0 spiro atoms. The molecule has 0 aromatic heterocycles. The van der Waals surface area contributed by atoms with Crippen LogP contribution in [0.4, 0.5) is 11.4 Å². The Balaban J connectivity index is 0.000000143. The van der Waals surface area contributed by atoms with Gasteiger partial charge in [0.25, 0.3) is 0 Å². The monoisotopic (exact) mass is 877 g/mol. The molecule has 348 valence electrons. The molecule has 10 nitrogen and oxygen atoms in total. The number of aliphatic hydroxyl groups excluding tert-OH is 2. The first-order chi connectivity index (χ1) is 31.2. The van der Waals surface area contributed by atoms with Crippen LogP contribution in [0, 0.1) is 46.3 Å². The molecule has 64 heavy (non-hydrogen) atoms. The highest BCUT2D eigenvalue weighted by atomic mass is 16.5. The van der Waals surface area contributed by atoms with Crippen molar-refractivity contribution >= 4 is 23.2 Å². The molecule has 4 unspecified atom stereocenters. The van der Waals surface area contributed by atoms with Crippen molar-refractivity contribution < 1.29 is 29.3 Å². The summed E-state index contributed by atoms with van der Waals surface area (Å²) in [6.07, 6.45) is 24.8. The minimum Gasteiger partial charge on any atom is -0.490 e. The molecule has 0 radical (unpaired) electrons. The Morgan fingerprint density at radius 2 is 0.859 bits per heavy atom. The van der Waals surface area contributed by atoms with Gasteiger partial charge in [0.15, 0.2) is 0 Å². The second-order valence-corrected chi connectivity index (χ2v) is 23.0. The number of nitrogens with one attached hydrogen (secondary N) is 2. The normalized spacial score (nSPS) is 38.8. The molecule has 4 N–H and O–H groups in total. The number of benzene rings is 2. The smallest absolute Gasteiger partial charge is 0.226 e. The summed E-state index contributed by atoms with van der Waals surface area (Å²) in [6, 6.07) is 17.6. The van der Waals surface area contributed by atoms with Gasteiger partial charge in [0.05, 0.1) is 35.2 Å². The predicted octanol–water partition coefficient (Wildman–Crippen LogP) is 8.56. The lowest BCUT2D eigenvalue weighted by atomic mass is 9.48. The van der Waals surface area contributed by atoms with E-state index < -0.39 is 0 Å². The van der Waals surface area contributed by atoms with Gasteiger partial charge in [-0.15, -0.1) is 0 Å². The third-order valence-corrected chi connectivity index (χ3v) is 18.5. The van der Waals surface area contributed by atoms with Gasteiger partial charge < -0.3 is 40.1 Å². The highest BCUT2D eigenvalue weighted by Crippen LogP contribution is 2.61. The van der Waals surface area contributed by atoms with Crippen LogP contribution in [0.15, 0.2) is 48.5 Å². The number of aliphatic hydroxyl groups is 2. The van der Waals surface area contributed by atoms with Crippen molar-refractivity contribution in [1.82, 2.24) is 10.6 Å². The molecule has 10 heteroatoms. The second kappa shape index (κ2) is 18.0. The Kier molecular flexibility index (Phi) is 12.1. The maximum absolute atomic E-state index is 13.5. The van der Waals surface area contributed by atoms with E-state index in [1.807, 2.05) is 0 Å². The number of carbonyl (C=O) groups excluding carboxylic acids is 2. The summed E-state index contributed by atoms with van der Waals surface area (Å²) in [4.78, 5) is 31.8. The van der Waals surface area contributed by atoms with E-state index in [1.165, 1.54) is 62.7 Å². The van der Waals surface area contributed by atoms with Crippen molar-refractivity contribution in [2.45, 2.75) is 178 Å². The molecule has 10 aliphatic carbocycles. The van der Waals surface area contributed by atoms with Crippen molar-refractivity contribution in [3.63, 3.8) is 0 Å². The summed E-state index contributed by atoms with van der Waals surface area (Å²) in [5, 5.41) is 28.0. The molecule has 10 saturated carbocycles. The van der Waals surface area contributed by atoms with Crippen LogP contribution >= 0.6 is 0 Å². The van der Waals surface area contributed by atoms with E-state index in [1.54, 1.807) is 0 Å². The van der Waals surface area contributed by atoms with Gasteiger partial charge in [0, 0.05) is 49.6 Å². The predicted molar refractivity (Wildman–Crippen MR) is 249 cm³/mol. The Morgan fingerprint density at radius 3 is 1.22 bits per heavy atom. The molecule has 12 aliphatic rings. The topological polar surface area (TPSA) is 124 Å². The van der Waals surface area contributed by atoms with Crippen LogP contribution in [0.5, 0.6) is 11.5 Å². The standard InChI is InChI=1S/2C27H38N2O3/c2*30-25-19-12-18-13-20(25)16-27(14-18,15-19)26(31)28-21-4-3-11-29(17-21)22-7-9-24(10-8-22)32-23-5-1-2-6-23/h2*7-10,18-21,23,25,30H,1-6,11-17H2,(H,28,31)/t2*18?,19?,20?,21-,25?,27?/m00/s1. The highest BCUT2D eigenvalue weighted by molar-refractivity contribution is 5.84. The van der Waals surface area contributed by atoms with E-state index in [0.717, 1.165) is 128 Å². The molecule has 8 bridgehead atoms. The van der Waals surface area contributed by atoms with E-state index in [-0.39, 0.29) is 46.9 Å². The van der Waals surface area contributed by atoms with Crippen LogP contribution < -0.4 is 29.9 Å². The summed E-state index contributed by atoms with van der Waals surface area (Å²) < 4.78 is 12.2. The molecule has 14 rings (SSSR count). The van der Waals surface area contributed by atoms with E-state index in [0.29, 0.717) is 47.7 Å². The molecule has 6 atom stereocenters. The maximum Gasteiger partial charge on any atom is 0.226 e. The minimum absolute atomic E-state index is 0.168. The third-order valence-electron chi connectivity index (χ3n) is 18.5. The zero-order chi connectivity index (χ0) is 43.4. The van der Waals surface area contributed by atoms with Crippen LogP contribution in [-0.4, -0.2) is 84.7 Å². The number of hydrogen-bond acceptors (Lipinski definition) is 8. The van der Waals surface area contributed by atoms with Gasteiger partial charge in [0.2, 0.25) is 11.8 Å². The van der Waals surface area contributed by atoms with Crippen LogP contribution in [0.1, 0.15) is 141 Å². The largest absolute Gasteiger partial charge is 0.490 e. The van der Waals surface area contributed by atoms with E-state index in [2.05, 4.69) is 69.0 Å². The van der Waals surface area contributed by atoms with Gasteiger partial charge in [-0.2, -0.15) is 0 Å². The van der Waals surface area contributed by atoms with Crippen LogP contribution in [0.25, 0.3) is 0 Å². The summed E-state index contributed by atoms with van der Waals surface area (Å²) in [5.74, 6) is 5.19. The van der Waals surface area contributed by atoms with Gasteiger partial charge in [-0.05, 0) is 225 Å². The van der Waals surface area contributed by atoms with E-state index in [9.17, 15) is 19.8 Å². The number of anilines is 2. The number of nitrogens with zero attached hydrogens (tertiary/aromatic N) is 2. The molecular weight excluding hydrogens is 801 g/mol. The molecular formula is C54H76N4O6. The summed E-state index contributed by atoms with van der Waals surface area (Å²) in [6.45, 7) is 3.84. The Labute approximate surface area is 382 Å². The molecule has 12 fully saturated rings. The van der Waals surface area contributed by atoms with Crippen molar-refractivity contribution in [1.29, 1.82) is 0 Å². The highest BCUT2D eigenvalue weighted by Gasteiger charge is 2.59. The Bertz CT molecular complexity index is 1780. The fraction of sp³-hybridized carbons (Fsp3) is 0.741. The first kappa shape index (κ1) is 43.1. The van der Waals surface area contributed by atoms with Crippen LogP contribution in [-0.2, 0) is 9.59 Å². The lowest BCUT2D eigenvalue weighted by Gasteiger charge is -2.58. The molecule has 2 aromatic rings.